The molecule has 1 aliphatic carbocycles. The first kappa shape index (κ1) is 24.9. The topological polar surface area (TPSA) is 58.9 Å². The van der Waals surface area contributed by atoms with Gasteiger partial charge in [-0.25, -0.2) is 0 Å². The smallest absolute Gasteiger partial charge is 0.166 e. The molecule has 2 fully saturated rings. The van der Waals surface area contributed by atoms with Gasteiger partial charge in [-0.15, -0.1) is 0 Å². The van der Waals surface area contributed by atoms with Gasteiger partial charge in [0.05, 0.1) is 20.8 Å². The van der Waals surface area contributed by atoms with E-state index in [1.54, 1.807) is 14.2 Å². The van der Waals surface area contributed by atoms with E-state index in [9.17, 15) is 0 Å². The van der Waals surface area contributed by atoms with Crippen LogP contribution >= 0.6 is 12.2 Å². The Kier molecular flexibility index (Phi) is 8.04. The van der Waals surface area contributed by atoms with Crippen molar-refractivity contribution in [3.05, 3.63) is 47.4 Å². The molecule has 186 valence electrons. The Labute approximate surface area is 209 Å². The third kappa shape index (κ3) is 5.20. The molecule has 1 saturated heterocycles. The van der Waals surface area contributed by atoms with Gasteiger partial charge in [0.15, 0.2) is 16.6 Å². The van der Waals surface area contributed by atoms with Crippen molar-refractivity contribution >= 4 is 17.3 Å². The number of likely N-dealkylation sites (tertiary alicyclic amines) is 1. The summed E-state index contributed by atoms with van der Waals surface area (Å²) in [5.74, 6) is 3.58. The highest BCUT2D eigenvalue weighted by molar-refractivity contribution is 7.80. The summed E-state index contributed by atoms with van der Waals surface area (Å²) in [6.07, 6.45) is 6.66. The summed E-state index contributed by atoms with van der Waals surface area (Å²) in [5, 5.41) is 7.77. The maximum absolute atomic E-state index is 5.95. The molecule has 2 N–H and O–H groups in total. The molecular formula is C27H39N3O3S. The molecule has 2 aliphatic rings. The van der Waals surface area contributed by atoms with Crippen LogP contribution in [0, 0.1) is 6.92 Å². The molecule has 1 aliphatic heterocycles. The van der Waals surface area contributed by atoms with Crippen molar-refractivity contribution < 1.29 is 13.9 Å². The van der Waals surface area contributed by atoms with E-state index < -0.39 is 0 Å². The molecule has 7 heteroatoms. The monoisotopic (exact) mass is 485 g/mol. The lowest BCUT2D eigenvalue weighted by atomic mass is 9.65. The molecule has 0 unspecified atom stereocenters. The number of rotatable bonds is 9. The summed E-state index contributed by atoms with van der Waals surface area (Å²) in [4.78, 5) is 2.61. The van der Waals surface area contributed by atoms with E-state index in [1.807, 2.05) is 6.92 Å². The average Bonchev–Trinajstić information content (AvgIpc) is 3.42. The molecule has 2 heterocycles. The number of unbranched alkanes of at least 4 members (excludes halogenated alkanes) is 1. The number of fused-ring (bicyclic) bond motifs is 1. The van der Waals surface area contributed by atoms with Crippen molar-refractivity contribution in [2.24, 2.45) is 0 Å². The highest BCUT2D eigenvalue weighted by atomic mass is 32.1. The number of furan rings is 1. The minimum absolute atomic E-state index is 0.0800. The van der Waals surface area contributed by atoms with Crippen LogP contribution in [0.5, 0.6) is 11.5 Å². The van der Waals surface area contributed by atoms with Gasteiger partial charge in [0.25, 0.3) is 0 Å². The van der Waals surface area contributed by atoms with Crippen LogP contribution in [-0.4, -0.2) is 49.4 Å². The molecule has 2 aromatic rings. The van der Waals surface area contributed by atoms with Crippen LogP contribution in [0.25, 0.3) is 0 Å². The van der Waals surface area contributed by atoms with E-state index in [0.717, 1.165) is 86.3 Å². The number of thiocarbonyl (C=S) groups is 1. The zero-order valence-corrected chi connectivity index (χ0v) is 21.8. The molecule has 0 amide bonds. The number of ether oxygens (including phenoxy) is 2. The molecule has 0 spiro atoms. The lowest BCUT2D eigenvalue weighted by Crippen LogP contribution is -2.53. The van der Waals surface area contributed by atoms with Gasteiger partial charge in [-0.3, -0.25) is 4.90 Å². The molecular weight excluding hydrogens is 446 g/mol. The zero-order valence-electron chi connectivity index (χ0n) is 21.0. The number of methoxy groups -OCH3 is 2. The first-order valence-corrected chi connectivity index (χ1v) is 13.0. The number of benzene rings is 1. The van der Waals surface area contributed by atoms with Gasteiger partial charge >= 0.3 is 0 Å². The van der Waals surface area contributed by atoms with E-state index in [4.69, 9.17) is 26.1 Å². The number of nitrogens with zero attached hydrogens (tertiary/aromatic N) is 1. The van der Waals surface area contributed by atoms with Crippen LogP contribution in [0.15, 0.2) is 34.7 Å². The molecule has 1 aromatic carbocycles. The van der Waals surface area contributed by atoms with Crippen molar-refractivity contribution in [2.75, 3.05) is 27.3 Å². The van der Waals surface area contributed by atoms with Gasteiger partial charge in [-0.2, -0.15) is 0 Å². The van der Waals surface area contributed by atoms with Gasteiger partial charge in [-0.05, 0) is 87.6 Å². The van der Waals surface area contributed by atoms with Gasteiger partial charge in [0, 0.05) is 24.0 Å². The summed E-state index contributed by atoms with van der Waals surface area (Å²) < 4.78 is 17.1. The normalized spacial score (nSPS) is 24.5. The predicted molar refractivity (Wildman–Crippen MR) is 140 cm³/mol. The molecule has 0 bridgehead atoms. The maximum atomic E-state index is 5.95. The van der Waals surface area contributed by atoms with Gasteiger partial charge in [0.1, 0.15) is 11.5 Å². The van der Waals surface area contributed by atoms with Crippen molar-refractivity contribution in [1.82, 2.24) is 15.5 Å². The summed E-state index contributed by atoms with van der Waals surface area (Å²) >= 11 is 5.61. The Morgan fingerprint density at radius 3 is 2.71 bits per heavy atom. The Morgan fingerprint density at radius 1 is 1.18 bits per heavy atom. The Bertz CT molecular complexity index is 978. The zero-order chi connectivity index (χ0) is 24.1. The first-order chi connectivity index (χ1) is 16.5. The van der Waals surface area contributed by atoms with Crippen molar-refractivity contribution in [3.8, 4) is 11.5 Å². The second-order valence-electron chi connectivity index (χ2n) is 9.70. The third-order valence-corrected chi connectivity index (χ3v) is 7.90. The minimum atomic E-state index is 0.0800. The second kappa shape index (κ2) is 11.0. The van der Waals surface area contributed by atoms with Crippen molar-refractivity contribution in [3.63, 3.8) is 0 Å². The molecule has 1 aromatic heterocycles. The van der Waals surface area contributed by atoms with E-state index in [2.05, 4.69) is 52.8 Å². The van der Waals surface area contributed by atoms with Crippen molar-refractivity contribution in [2.45, 2.75) is 76.4 Å². The Hall–Kier alpha value is -2.25. The van der Waals surface area contributed by atoms with Crippen LogP contribution < -0.4 is 20.1 Å². The molecule has 0 radical (unpaired) electrons. The number of nitrogens with one attached hydrogen (secondary N) is 2. The Morgan fingerprint density at radius 2 is 2.00 bits per heavy atom. The molecule has 4 rings (SSSR count). The maximum Gasteiger partial charge on any atom is 0.166 e. The van der Waals surface area contributed by atoms with Crippen LogP contribution in [0.3, 0.4) is 0 Å². The lowest BCUT2D eigenvalue weighted by molar-refractivity contribution is 0.127. The van der Waals surface area contributed by atoms with Crippen LogP contribution in [-0.2, 0) is 12.0 Å². The summed E-state index contributed by atoms with van der Waals surface area (Å²) in [6, 6.07) is 11.4. The lowest BCUT2D eigenvalue weighted by Gasteiger charge is -2.45. The fourth-order valence-electron chi connectivity index (χ4n) is 5.83. The number of aryl methyl sites for hydroxylation is 1. The van der Waals surface area contributed by atoms with E-state index in [-0.39, 0.29) is 5.41 Å². The van der Waals surface area contributed by atoms with E-state index >= 15 is 0 Å². The van der Waals surface area contributed by atoms with Gasteiger partial charge < -0.3 is 24.5 Å². The summed E-state index contributed by atoms with van der Waals surface area (Å²) in [6.45, 7) is 7.01. The summed E-state index contributed by atoms with van der Waals surface area (Å²) in [5.41, 5.74) is 1.42. The average molecular weight is 486 g/mol. The first-order valence-electron chi connectivity index (χ1n) is 12.5. The highest BCUT2D eigenvalue weighted by Crippen LogP contribution is 2.50. The molecule has 6 nitrogen and oxygen atoms in total. The highest BCUT2D eigenvalue weighted by Gasteiger charge is 2.51. The van der Waals surface area contributed by atoms with Crippen LogP contribution in [0.1, 0.15) is 62.5 Å². The number of hydrogen-bond acceptors (Lipinski definition) is 5. The third-order valence-electron chi connectivity index (χ3n) is 7.63. The quantitative estimate of drug-likeness (QED) is 0.386. The fraction of sp³-hybridized carbons (Fsp3) is 0.593. The standard InChI is InChI=1S/C27H39N3O3S/c1-5-6-14-28-26(34)29-21-11-12-27(20-8-10-23(31-3)24(16-20)32-4)13-15-30(25(27)17-21)18-22-9-7-19(2)33-22/h7-10,16,21,25H,5-6,11-15,17-18H2,1-4H3,(H2,28,29,34)/t21-,25+,27-/m0/s1. The van der Waals surface area contributed by atoms with Crippen LogP contribution in [0.4, 0.5) is 0 Å². The fourth-order valence-corrected chi connectivity index (χ4v) is 6.10. The number of hydrogen-bond donors (Lipinski definition) is 2. The minimum Gasteiger partial charge on any atom is -0.493 e. The van der Waals surface area contributed by atoms with Gasteiger partial charge in [0.2, 0.25) is 0 Å². The molecule has 1 saturated carbocycles. The molecule has 34 heavy (non-hydrogen) atoms. The SMILES string of the molecule is CCCCNC(=S)N[C@H]1CC[C@@]2(c3ccc(OC)c(OC)c3)CCN(Cc3ccc(C)o3)[C@@H]2C1. The van der Waals surface area contributed by atoms with E-state index in [0.29, 0.717) is 12.1 Å². The van der Waals surface area contributed by atoms with Gasteiger partial charge in [-0.1, -0.05) is 19.4 Å². The largest absolute Gasteiger partial charge is 0.493 e. The summed E-state index contributed by atoms with van der Waals surface area (Å²) in [7, 11) is 3.40. The van der Waals surface area contributed by atoms with E-state index in [1.165, 1.54) is 5.56 Å². The Balaban J connectivity index is 1.57. The predicted octanol–water partition coefficient (Wildman–Crippen LogP) is 4.93. The van der Waals surface area contributed by atoms with Crippen LogP contribution in [0.2, 0.25) is 0 Å². The second-order valence-corrected chi connectivity index (χ2v) is 10.1. The molecule has 3 atom stereocenters. The van der Waals surface area contributed by atoms with Crippen molar-refractivity contribution in [1.29, 1.82) is 0 Å².